The maximum atomic E-state index is 11.9. The van der Waals surface area contributed by atoms with Crippen molar-refractivity contribution in [1.82, 2.24) is 10.2 Å². The molecule has 0 aliphatic rings. The van der Waals surface area contributed by atoms with Crippen LogP contribution in [-0.4, -0.2) is 36.5 Å². The highest BCUT2D eigenvalue weighted by molar-refractivity contribution is 5.81. The lowest BCUT2D eigenvalue weighted by Gasteiger charge is -2.23. The number of nitrogens with zero attached hydrogens (tertiary/aromatic N) is 1. The van der Waals surface area contributed by atoms with E-state index in [0.717, 1.165) is 13.0 Å². The van der Waals surface area contributed by atoms with Crippen molar-refractivity contribution in [3.05, 3.63) is 0 Å². The van der Waals surface area contributed by atoms with E-state index in [2.05, 4.69) is 19.2 Å². The van der Waals surface area contributed by atoms with Crippen LogP contribution in [0.25, 0.3) is 0 Å². The highest BCUT2D eigenvalue weighted by Crippen LogP contribution is 2.07. The molecule has 0 saturated heterocycles. The van der Waals surface area contributed by atoms with E-state index >= 15 is 0 Å². The lowest BCUT2D eigenvalue weighted by atomic mass is 10.1. The van der Waals surface area contributed by atoms with Crippen molar-refractivity contribution >= 4 is 5.91 Å². The highest BCUT2D eigenvalue weighted by atomic mass is 16.2. The van der Waals surface area contributed by atoms with Crippen LogP contribution < -0.4 is 5.32 Å². The van der Waals surface area contributed by atoms with Gasteiger partial charge in [-0.1, -0.05) is 39.0 Å². The summed E-state index contributed by atoms with van der Waals surface area (Å²) >= 11 is 0. The van der Waals surface area contributed by atoms with E-state index in [1.165, 1.54) is 32.1 Å². The first-order valence-corrected chi connectivity index (χ1v) is 7.53. The normalized spacial score (nSPS) is 14.3. The molecule has 0 rings (SSSR count). The van der Waals surface area contributed by atoms with Crippen LogP contribution in [0, 0.1) is 0 Å². The van der Waals surface area contributed by atoms with Crippen LogP contribution in [-0.2, 0) is 4.79 Å². The van der Waals surface area contributed by atoms with Crippen LogP contribution >= 0.6 is 0 Å². The predicted molar refractivity (Wildman–Crippen MR) is 78.7 cm³/mol. The number of unbranched alkanes of at least 4 members (excludes halogenated alkanes) is 4. The van der Waals surface area contributed by atoms with Gasteiger partial charge in [-0.2, -0.15) is 0 Å². The number of amides is 1. The number of rotatable bonds is 10. The Labute approximate surface area is 113 Å². The van der Waals surface area contributed by atoms with Crippen LogP contribution in [0.5, 0.6) is 0 Å². The molecule has 2 unspecified atom stereocenters. The molecule has 1 N–H and O–H groups in total. The van der Waals surface area contributed by atoms with E-state index in [0.29, 0.717) is 6.04 Å². The Kier molecular flexibility index (Phi) is 10.0. The molecule has 1 amide bonds. The first kappa shape index (κ1) is 17.4. The summed E-state index contributed by atoms with van der Waals surface area (Å²) < 4.78 is 0. The summed E-state index contributed by atoms with van der Waals surface area (Å²) in [6, 6.07) is 0.358. The maximum absolute atomic E-state index is 11.9. The van der Waals surface area contributed by atoms with Gasteiger partial charge in [0.2, 0.25) is 5.91 Å². The third-order valence-electron chi connectivity index (χ3n) is 3.50. The number of hydrogen-bond acceptors (Lipinski definition) is 2. The predicted octanol–water partition coefficient (Wildman–Crippen LogP) is 3.19. The average Bonchev–Trinajstić information content (AvgIpc) is 2.36. The Bertz CT molecular complexity index is 219. The molecule has 3 heteroatoms. The number of nitrogens with one attached hydrogen (secondary N) is 1. The van der Waals surface area contributed by atoms with Gasteiger partial charge in [0, 0.05) is 19.6 Å². The van der Waals surface area contributed by atoms with Gasteiger partial charge < -0.3 is 10.2 Å². The minimum absolute atomic E-state index is 0.0689. The molecule has 0 bridgehead atoms. The molecule has 0 aromatic heterocycles. The van der Waals surface area contributed by atoms with Crippen molar-refractivity contribution in [2.75, 3.05) is 13.6 Å². The van der Waals surface area contributed by atoms with Gasteiger partial charge in [0.25, 0.3) is 0 Å². The summed E-state index contributed by atoms with van der Waals surface area (Å²) in [6.45, 7) is 9.15. The lowest BCUT2D eigenvalue weighted by molar-refractivity contribution is -0.131. The van der Waals surface area contributed by atoms with Gasteiger partial charge in [0.1, 0.15) is 0 Å². The highest BCUT2D eigenvalue weighted by Gasteiger charge is 2.17. The van der Waals surface area contributed by atoms with Gasteiger partial charge in [0.05, 0.1) is 6.04 Å². The second-order valence-electron chi connectivity index (χ2n) is 5.34. The Morgan fingerprint density at radius 3 is 2.28 bits per heavy atom. The minimum atomic E-state index is -0.0689. The Morgan fingerprint density at radius 1 is 1.11 bits per heavy atom. The van der Waals surface area contributed by atoms with Gasteiger partial charge in [-0.25, -0.2) is 0 Å². The third kappa shape index (κ3) is 7.70. The lowest BCUT2D eigenvalue weighted by Crippen LogP contribution is -2.46. The summed E-state index contributed by atoms with van der Waals surface area (Å²) in [5.74, 6) is 0.190. The first-order valence-electron chi connectivity index (χ1n) is 7.53. The fourth-order valence-corrected chi connectivity index (χ4v) is 2.12. The quantitative estimate of drug-likeness (QED) is 0.609. The number of hydrogen-bond donors (Lipinski definition) is 1. The van der Waals surface area contributed by atoms with Crippen LogP contribution in [0.15, 0.2) is 0 Å². The molecule has 0 spiro atoms. The SMILES string of the molecule is CCCCCCCC(C)NC(C)C(=O)N(C)CC. The average molecular weight is 256 g/mol. The zero-order valence-corrected chi connectivity index (χ0v) is 13.0. The van der Waals surface area contributed by atoms with Crippen LogP contribution in [0.1, 0.15) is 66.2 Å². The molecule has 0 aliphatic carbocycles. The molecule has 108 valence electrons. The van der Waals surface area contributed by atoms with Gasteiger partial charge in [-0.15, -0.1) is 0 Å². The van der Waals surface area contributed by atoms with Crippen molar-refractivity contribution in [2.45, 2.75) is 78.3 Å². The summed E-state index contributed by atoms with van der Waals surface area (Å²) in [7, 11) is 1.86. The van der Waals surface area contributed by atoms with Crippen molar-refractivity contribution in [2.24, 2.45) is 0 Å². The second kappa shape index (κ2) is 10.4. The summed E-state index contributed by atoms with van der Waals surface area (Å²) in [5, 5.41) is 3.39. The molecule has 0 heterocycles. The minimum Gasteiger partial charge on any atom is -0.345 e. The van der Waals surface area contributed by atoms with Crippen LogP contribution in [0.3, 0.4) is 0 Å². The smallest absolute Gasteiger partial charge is 0.239 e. The van der Waals surface area contributed by atoms with E-state index in [1.807, 2.05) is 20.9 Å². The monoisotopic (exact) mass is 256 g/mol. The van der Waals surface area contributed by atoms with E-state index in [4.69, 9.17) is 0 Å². The van der Waals surface area contributed by atoms with Crippen LogP contribution in [0.4, 0.5) is 0 Å². The summed E-state index contributed by atoms with van der Waals surface area (Å²) in [5.41, 5.74) is 0. The number of carbonyl (C=O) groups is 1. The fraction of sp³-hybridized carbons (Fsp3) is 0.933. The first-order chi connectivity index (χ1) is 8.52. The molecule has 0 aromatic rings. The van der Waals surface area contributed by atoms with Gasteiger partial charge in [0.15, 0.2) is 0 Å². The van der Waals surface area contributed by atoms with Gasteiger partial charge >= 0.3 is 0 Å². The summed E-state index contributed by atoms with van der Waals surface area (Å²) in [6.07, 6.45) is 7.73. The van der Waals surface area contributed by atoms with Crippen LogP contribution in [0.2, 0.25) is 0 Å². The van der Waals surface area contributed by atoms with Gasteiger partial charge in [-0.05, 0) is 27.2 Å². The fourth-order valence-electron chi connectivity index (χ4n) is 2.12. The molecular weight excluding hydrogens is 224 g/mol. The Morgan fingerprint density at radius 2 is 1.72 bits per heavy atom. The summed E-state index contributed by atoms with van der Waals surface area (Å²) in [4.78, 5) is 13.7. The van der Waals surface area contributed by atoms with Crippen molar-refractivity contribution < 1.29 is 4.79 Å². The molecule has 3 nitrogen and oxygen atoms in total. The van der Waals surface area contributed by atoms with E-state index in [-0.39, 0.29) is 11.9 Å². The zero-order chi connectivity index (χ0) is 14.0. The van der Waals surface area contributed by atoms with Gasteiger partial charge in [-0.3, -0.25) is 4.79 Å². The molecule has 0 aliphatic heterocycles. The molecule has 0 fully saturated rings. The molecule has 2 atom stereocenters. The molecule has 0 radical (unpaired) electrons. The number of likely N-dealkylation sites (N-methyl/N-ethyl adjacent to an activating group) is 1. The molecule has 0 saturated carbocycles. The van der Waals surface area contributed by atoms with E-state index < -0.39 is 0 Å². The maximum Gasteiger partial charge on any atom is 0.239 e. The van der Waals surface area contributed by atoms with E-state index in [1.54, 1.807) is 4.90 Å². The Hall–Kier alpha value is -0.570. The zero-order valence-electron chi connectivity index (χ0n) is 13.0. The van der Waals surface area contributed by atoms with Crippen molar-refractivity contribution in [3.8, 4) is 0 Å². The van der Waals surface area contributed by atoms with E-state index in [9.17, 15) is 4.79 Å². The molecular formula is C15H32N2O. The molecule has 0 aromatic carbocycles. The standard InChI is InChI=1S/C15H32N2O/c1-6-8-9-10-11-12-13(3)16-14(4)15(18)17(5)7-2/h13-14,16H,6-12H2,1-5H3. The second-order valence-corrected chi connectivity index (χ2v) is 5.34. The number of carbonyl (C=O) groups excluding carboxylic acids is 1. The third-order valence-corrected chi connectivity index (χ3v) is 3.50. The topological polar surface area (TPSA) is 32.3 Å². The molecule has 18 heavy (non-hydrogen) atoms. The largest absolute Gasteiger partial charge is 0.345 e. The Balaban J connectivity index is 3.73. The van der Waals surface area contributed by atoms with Crippen molar-refractivity contribution in [3.63, 3.8) is 0 Å². The van der Waals surface area contributed by atoms with Crippen molar-refractivity contribution in [1.29, 1.82) is 0 Å².